The lowest BCUT2D eigenvalue weighted by atomic mass is 10.0. The van der Waals surface area contributed by atoms with Crippen molar-refractivity contribution in [2.45, 2.75) is 25.9 Å². The van der Waals surface area contributed by atoms with E-state index in [1.807, 2.05) is 25.3 Å². The van der Waals surface area contributed by atoms with Crippen LogP contribution in [0.5, 0.6) is 11.5 Å². The summed E-state index contributed by atoms with van der Waals surface area (Å²) in [5.74, 6) is 0.135. The molecule has 0 amide bonds. The molecule has 1 aromatic heterocycles. The third kappa shape index (κ3) is 3.45. The van der Waals surface area contributed by atoms with E-state index < -0.39 is 0 Å². The van der Waals surface area contributed by atoms with Gasteiger partial charge >= 0.3 is 0 Å². The van der Waals surface area contributed by atoms with Gasteiger partial charge in [-0.05, 0) is 43.2 Å². The molecule has 3 N–H and O–H groups in total. The Morgan fingerprint density at radius 2 is 1.63 bits per heavy atom. The van der Waals surface area contributed by atoms with Gasteiger partial charge in [0.2, 0.25) is 0 Å². The molecule has 0 bridgehead atoms. The maximum Gasteiger partial charge on any atom is 0.119 e. The molecule has 0 aliphatic rings. The number of hydrogen-bond acceptors (Lipinski definition) is 4. The van der Waals surface area contributed by atoms with Crippen LogP contribution in [0.1, 0.15) is 37.1 Å². The van der Waals surface area contributed by atoms with Crippen molar-refractivity contribution in [3.8, 4) is 11.5 Å². The summed E-state index contributed by atoms with van der Waals surface area (Å²) in [4.78, 5) is 4.09. The van der Waals surface area contributed by atoms with Gasteiger partial charge in [0.25, 0.3) is 0 Å². The summed E-state index contributed by atoms with van der Waals surface area (Å²) in [6.07, 6.45) is 3.57. The molecule has 0 aliphatic carbocycles. The van der Waals surface area contributed by atoms with E-state index >= 15 is 0 Å². The Kier molecular flexibility index (Phi) is 4.02. The predicted octanol–water partition coefficient (Wildman–Crippen LogP) is 2.90. The van der Waals surface area contributed by atoms with Crippen molar-refractivity contribution >= 4 is 0 Å². The van der Waals surface area contributed by atoms with Crippen LogP contribution in [0.4, 0.5) is 0 Å². The van der Waals surface area contributed by atoms with E-state index in [9.17, 15) is 10.2 Å². The summed E-state index contributed by atoms with van der Waals surface area (Å²) in [6, 6.07) is 8.67. The van der Waals surface area contributed by atoms with Crippen LogP contribution in [-0.4, -0.2) is 15.2 Å². The first-order valence-electron chi connectivity index (χ1n) is 6.25. The van der Waals surface area contributed by atoms with Crippen LogP contribution in [0, 0.1) is 0 Å². The number of aromatic hydroxyl groups is 2. The van der Waals surface area contributed by atoms with E-state index in [1.165, 1.54) is 6.07 Å². The van der Waals surface area contributed by atoms with Crippen molar-refractivity contribution in [3.05, 3.63) is 53.9 Å². The maximum atomic E-state index is 9.50. The Bertz CT molecular complexity index is 523. The number of phenolic OH excluding ortho intramolecular Hbond substituents is 2. The highest BCUT2D eigenvalue weighted by Gasteiger charge is 2.12. The number of aromatic nitrogens is 1. The summed E-state index contributed by atoms with van der Waals surface area (Å²) >= 11 is 0. The van der Waals surface area contributed by atoms with Crippen molar-refractivity contribution in [1.29, 1.82) is 0 Å². The average molecular weight is 258 g/mol. The number of hydrogen-bond donors (Lipinski definition) is 3. The molecule has 100 valence electrons. The molecule has 1 aromatic carbocycles. The fourth-order valence-corrected chi connectivity index (χ4v) is 2.07. The van der Waals surface area contributed by atoms with E-state index in [-0.39, 0.29) is 23.6 Å². The first kappa shape index (κ1) is 13.4. The Labute approximate surface area is 112 Å². The second-order valence-electron chi connectivity index (χ2n) is 4.68. The van der Waals surface area contributed by atoms with Crippen LogP contribution in [0.3, 0.4) is 0 Å². The van der Waals surface area contributed by atoms with Crippen molar-refractivity contribution in [2.24, 2.45) is 0 Å². The largest absolute Gasteiger partial charge is 0.508 e. The molecule has 0 aliphatic heterocycles. The molecule has 4 nitrogen and oxygen atoms in total. The second kappa shape index (κ2) is 5.71. The molecule has 0 radical (unpaired) electrons. The Morgan fingerprint density at radius 3 is 2.21 bits per heavy atom. The third-order valence-electron chi connectivity index (χ3n) is 3.11. The molecule has 2 atom stereocenters. The minimum atomic E-state index is 0.00760. The van der Waals surface area contributed by atoms with E-state index in [1.54, 1.807) is 18.3 Å². The highest BCUT2D eigenvalue weighted by Crippen LogP contribution is 2.26. The fraction of sp³-hybridized carbons (Fsp3) is 0.267. The van der Waals surface area contributed by atoms with Crippen LogP contribution in [0.2, 0.25) is 0 Å². The van der Waals surface area contributed by atoms with Crippen molar-refractivity contribution in [2.75, 3.05) is 0 Å². The number of pyridine rings is 1. The number of nitrogens with one attached hydrogen (secondary N) is 1. The van der Waals surface area contributed by atoms with Gasteiger partial charge in [-0.3, -0.25) is 4.98 Å². The van der Waals surface area contributed by atoms with E-state index in [2.05, 4.69) is 17.2 Å². The highest BCUT2D eigenvalue weighted by atomic mass is 16.3. The molecule has 0 saturated carbocycles. The highest BCUT2D eigenvalue weighted by molar-refractivity contribution is 5.38. The summed E-state index contributed by atoms with van der Waals surface area (Å²) in [7, 11) is 0. The minimum absolute atomic E-state index is 0.00760. The lowest BCUT2D eigenvalue weighted by molar-refractivity contribution is 0.442. The van der Waals surface area contributed by atoms with E-state index in [0.29, 0.717) is 0 Å². The quantitative estimate of drug-likeness (QED) is 0.789. The molecule has 2 rings (SSSR count). The first-order chi connectivity index (χ1) is 9.06. The van der Waals surface area contributed by atoms with Gasteiger partial charge in [0.15, 0.2) is 0 Å². The van der Waals surface area contributed by atoms with E-state index in [0.717, 1.165) is 11.1 Å². The zero-order chi connectivity index (χ0) is 13.8. The molecule has 0 spiro atoms. The average Bonchev–Trinajstić information content (AvgIpc) is 2.38. The van der Waals surface area contributed by atoms with Gasteiger partial charge in [0.1, 0.15) is 11.5 Å². The van der Waals surface area contributed by atoms with E-state index in [4.69, 9.17) is 0 Å². The van der Waals surface area contributed by atoms with Crippen molar-refractivity contribution in [1.82, 2.24) is 10.3 Å². The Balaban J connectivity index is 2.10. The van der Waals surface area contributed by atoms with Crippen LogP contribution < -0.4 is 5.32 Å². The SMILES string of the molecule is CC(N[C@H](C)c1cccnc1)c1cc(O)cc(O)c1. The maximum absolute atomic E-state index is 9.50. The van der Waals surface area contributed by atoms with Crippen LogP contribution in [0.15, 0.2) is 42.7 Å². The van der Waals surface area contributed by atoms with Crippen molar-refractivity contribution in [3.63, 3.8) is 0 Å². The minimum Gasteiger partial charge on any atom is -0.508 e. The Morgan fingerprint density at radius 1 is 1.00 bits per heavy atom. The summed E-state index contributed by atoms with van der Waals surface area (Å²) in [5, 5.41) is 22.4. The van der Waals surface area contributed by atoms with Gasteiger partial charge in [-0.1, -0.05) is 6.07 Å². The zero-order valence-corrected chi connectivity index (χ0v) is 11.0. The Hall–Kier alpha value is -2.07. The van der Waals surface area contributed by atoms with Gasteiger partial charge in [0.05, 0.1) is 0 Å². The molecule has 1 heterocycles. The smallest absolute Gasteiger partial charge is 0.119 e. The standard InChI is InChI=1S/C15H18N2O2/c1-10(12-4-3-5-16-9-12)17-11(2)13-6-14(18)8-15(19)7-13/h3-11,17-19H,1-2H3/t10-,11?/m1/s1. The topological polar surface area (TPSA) is 65.4 Å². The molecule has 2 aromatic rings. The number of benzene rings is 1. The van der Waals surface area contributed by atoms with Gasteiger partial charge < -0.3 is 15.5 Å². The van der Waals surface area contributed by atoms with Gasteiger partial charge in [-0.2, -0.15) is 0 Å². The van der Waals surface area contributed by atoms with Crippen LogP contribution in [-0.2, 0) is 0 Å². The molecule has 19 heavy (non-hydrogen) atoms. The molecular weight excluding hydrogens is 240 g/mol. The molecule has 0 saturated heterocycles. The number of rotatable bonds is 4. The van der Waals surface area contributed by atoms with Crippen LogP contribution in [0.25, 0.3) is 0 Å². The van der Waals surface area contributed by atoms with Gasteiger partial charge in [-0.25, -0.2) is 0 Å². The summed E-state index contributed by atoms with van der Waals surface area (Å²) in [5.41, 5.74) is 1.94. The van der Waals surface area contributed by atoms with Gasteiger partial charge in [0, 0.05) is 30.5 Å². The van der Waals surface area contributed by atoms with Gasteiger partial charge in [-0.15, -0.1) is 0 Å². The monoisotopic (exact) mass is 258 g/mol. The number of nitrogens with zero attached hydrogens (tertiary/aromatic N) is 1. The lowest BCUT2D eigenvalue weighted by Crippen LogP contribution is -2.22. The molecular formula is C15H18N2O2. The summed E-state index contributed by atoms with van der Waals surface area (Å²) in [6.45, 7) is 4.04. The van der Waals surface area contributed by atoms with Crippen molar-refractivity contribution < 1.29 is 10.2 Å². The summed E-state index contributed by atoms with van der Waals surface area (Å²) < 4.78 is 0. The zero-order valence-electron chi connectivity index (χ0n) is 11.0. The first-order valence-corrected chi connectivity index (χ1v) is 6.25. The lowest BCUT2D eigenvalue weighted by Gasteiger charge is -2.20. The third-order valence-corrected chi connectivity index (χ3v) is 3.11. The normalized spacial score (nSPS) is 14.0. The molecule has 1 unspecified atom stereocenters. The second-order valence-corrected chi connectivity index (χ2v) is 4.68. The fourth-order valence-electron chi connectivity index (χ4n) is 2.07. The molecule has 0 fully saturated rings. The predicted molar refractivity (Wildman–Crippen MR) is 74.0 cm³/mol. The molecule has 4 heteroatoms. The van der Waals surface area contributed by atoms with Crippen LogP contribution >= 0.6 is 0 Å². The number of phenols is 2.